The van der Waals surface area contributed by atoms with Gasteiger partial charge in [-0.1, -0.05) is 19.1 Å². The second-order valence-corrected chi connectivity index (χ2v) is 8.57. The van der Waals surface area contributed by atoms with Crippen molar-refractivity contribution in [1.82, 2.24) is 5.32 Å². The third-order valence-corrected chi connectivity index (χ3v) is 4.93. The van der Waals surface area contributed by atoms with Gasteiger partial charge in [-0.25, -0.2) is 8.42 Å². The van der Waals surface area contributed by atoms with Crippen LogP contribution in [0.25, 0.3) is 0 Å². The van der Waals surface area contributed by atoms with Crippen LogP contribution < -0.4 is 10.0 Å². The third kappa shape index (κ3) is 5.32. The molecule has 0 saturated heterocycles. The van der Waals surface area contributed by atoms with E-state index in [2.05, 4.69) is 10.0 Å². The minimum absolute atomic E-state index is 0.197. The molecule has 0 aliphatic heterocycles. The van der Waals surface area contributed by atoms with Crippen LogP contribution in [0.2, 0.25) is 0 Å². The van der Waals surface area contributed by atoms with Crippen LogP contribution in [0.1, 0.15) is 43.6 Å². The van der Waals surface area contributed by atoms with Gasteiger partial charge in [0.2, 0.25) is 0 Å². The fraction of sp³-hybridized carbons (Fsp3) is 0.316. The molecule has 134 valence electrons. The number of hydrogen-bond donors (Lipinski definition) is 2. The first-order chi connectivity index (χ1) is 11.6. The minimum Gasteiger partial charge on any atom is -0.347 e. The number of anilines is 1. The molecule has 1 amide bonds. The first kappa shape index (κ1) is 19.0. The molecule has 0 aliphatic rings. The van der Waals surface area contributed by atoms with Gasteiger partial charge in [0.25, 0.3) is 15.9 Å². The van der Waals surface area contributed by atoms with E-state index in [-0.39, 0.29) is 16.3 Å². The van der Waals surface area contributed by atoms with Crippen LogP contribution in [0.3, 0.4) is 0 Å². The van der Waals surface area contributed by atoms with Crippen LogP contribution in [-0.4, -0.2) is 19.9 Å². The van der Waals surface area contributed by atoms with E-state index < -0.39 is 10.0 Å². The van der Waals surface area contributed by atoms with Crippen molar-refractivity contribution in [3.63, 3.8) is 0 Å². The minimum atomic E-state index is -3.65. The fourth-order valence-electron chi connectivity index (χ4n) is 2.22. The number of carbonyl (C=O) groups excluding carboxylic acids is 1. The van der Waals surface area contributed by atoms with Crippen LogP contribution >= 0.6 is 0 Å². The molecular weight excluding hydrogens is 336 g/mol. The molecule has 0 radical (unpaired) electrons. The summed E-state index contributed by atoms with van der Waals surface area (Å²) in [6.45, 7) is 7.71. The van der Waals surface area contributed by atoms with Gasteiger partial charge in [-0.15, -0.1) is 0 Å². The molecule has 2 rings (SSSR count). The first-order valence-corrected chi connectivity index (χ1v) is 9.63. The number of sulfonamides is 1. The van der Waals surface area contributed by atoms with Crippen molar-refractivity contribution in [3.05, 3.63) is 59.7 Å². The Kier molecular flexibility index (Phi) is 5.52. The molecule has 0 aromatic heterocycles. The largest absolute Gasteiger partial charge is 0.347 e. The molecule has 0 saturated carbocycles. The highest BCUT2D eigenvalue weighted by Crippen LogP contribution is 2.18. The average molecular weight is 360 g/mol. The Balaban J connectivity index is 2.13. The Morgan fingerprint density at radius 3 is 2.00 bits per heavy atom. The van der Waals surface area contributed by atoms with Crippen LogP contribution in [0.15, 0.2) is 53.4 Å². The SMILES string of the molecule is CCc1ccc(S(=O)(=O)Nc2ccc(C(=O)NC(C)(C)C)cc2)cc1. The number of aryl methyl sites for hydroxylation is 1. The monoisotopic (exact) mass is 360 g/mol. The van der Waals surface area contributed by atoms with Crippen molar-refractivity contribution in [2.75, 3.05) is 4.72 Å². The van der Waals surface area contributed by atoms with E-state index in [9.17, 15) is 13.2 Å². The first-order valence-electron chi connectivity index (χ1n) is 8.15. The molecule has 0 fully saturated rings. The summed E-state index contributed by atoms with van der Waals surface area (Å²) in [6.07, 6.45) is 0.853. The molecule has 0 bridgehead atoms. The standard InChI is InChI=1S/C19H24N2O3S/c1-5-14-6-12-17(13-7-14)25(23,24)21-16-10-8-15(9-11-16)18(22)20-19(2,3)4/h6-13,21H,5H2,1-4H3,(H,20,22). The van der Waals surface area contributed by atoms with Gasteiger partial charge in [-0.2, -0.15) is 0 Å². The fourth-order valence-corrected chi connectivity index (χ4v) is 3.28. The van der Waals surface area contributed by atoms with Crippen molar-refractivity contribution in [2.24, 2.45) is 0 Å². The number of benzene rings is 2. The normalized spacial score (nSPS) is 11.8. The summed E-state index contributed by atoms with van der Waals surface area (Å²) in [5.41, 5.74) is 1.63. The van der Waals surface area contributed by atoms with Crippen molar-refractivity contribution in [1.29, 1.82) is 0 Å². The van der Waals surface area contributed by atoms with Crippen molar-refractivity contribution in [2.45, 2.75) is 44.6 Å². The molecule has 0 heterocycles. The quantitative estimate of drug-likeness (QED) is 0.856. The molecule has 5 nitrogen and oxygen atoms in total. The van der Waals surface area contributed by atoms with Crippen LogP contribution in [0.5, 0.6) is 0 Å². The van der Waals surface area contributed by atoms with Gasteiger partial charge in [0, 0.05) is 16.8 Å². The van der Waals surface area contributed by atoms with Crippen LogP contribution in [-0.2, 0) is 16.4 Å². The summed E-state index contributed by atoms with van der Waals surface area (Å²) in [5, 5.41) is 2.86. The summed E-state index contributed by atoms with van der Waals surface area (Å²) in [7, 11) is -3.65. The van der Waals surface area contributed by atoms with Crippen molar-refractivity contribution in [3.8, 4) is 0 Å². The molecule has 2 N–H and O–H groups in total. The van der Waals surface area contributed by atoms with E-state index >= 15 is 0 Å². The average Bonchev–Trinajstić information content (AvgIpc) is 2.53. The lowest BCUT2D eigenvalue weighted by atomic mass is 10.1. The highest BCUT2D eigenvalue weighted by Gasteiger charge is 2.16. The van der Waals surface area contributed by atoms with Gasteiger partial charge in [-0.05, 0) is 69.2 Å². The molecule has 0 unspecified atom stereocenters. The van der Waals surface area contributed by atoms with Gasteiger partial charge < -0.3 is 5.32 Å². The highest BCUT2D eigenvalue weighted by atomic mass is 32.2. The molecule has 2 aromatic rings. The number of amides is 1. The molecule has 25 heavy (non-hydrogen) atoms. The van der Waals surface area contributed by atoms with Crippen LogP contribution in [0, 0.1) is 0 Å². The zero-order chi connectivity index (χ0) is 18.7. The lowest BCUT2D eigenvalue weighted by Gasteiger charge is -2.20. The molecule has 0 aliphatic carbocycles. The zero-order valence-corrected chi connectivity index (χ0v) is 15.8. The number of nitrogens with one attached hydrogen (secondary N) is 2. The molecule has 0 atom stereocenters. The maximum absolute atomic E-state index is 12.4. The highest BCUT2D eigenvalue weighted by molar-refractivity contribution is 7.92. The molecule has 2 aromatic carbocycles. The predicted octanol–water partition coefficient (Wildman–Crippen LogP) is 3.58. The number of hydrogen-bond acceptors (Lipinski definition) is 3. The second-order valence-electron chi connectivity index (χ2n) is 6.88. The van der Waals surface area contributed by atoms with E-state index in [0.717, 1.165) is 12.0 Å². The van der Waals surface area contributed by atoms with Crippen molar-refractivity contribution < 1.29 is 13.2 Å². The summed E-state index contributed by atoms with van der Waals surface area (Å²) < 4.78 is 27.4. The molecular formula is C19H24N2O3S. The van der Waals surface area contributed by atoms with Gasteiger partial charge >= 0.3 is 0 Å². The predicted molar refractivity (Wildman–Crippen MR) is 100 cm³/mol. The summed E-state index contributed by atoms with van der Waals surface area (Å²) in [6, 6.07) is 13.1. The summed E-state index contributed by atoms with van der Waals surface area (Å²) in [4.78, 5) is 12.3. The van der Waals surface area contributed by atoms with Crippen LogP contribution in [0.4, 0.5) is 5.69 Å². The Labute approximate surface area is 149 Å². The lowest BCUT2D eigenvalue weighted by molar-refractivity contribution is 0.0919. The van der Waals surface area contributed by atoms with E-state index in [1.165, 1.54) is 0 Å². The van der Waals surface area contributed by atoms with Crippen molar-refractivity contribution >= 4 is 21.6 Å². The lowest BCUT2D eigenvalue weighted by Crippen LogP contribution is -2.40. The Bertz CT molecular complexity index is 834. The maximum atomic E-state index is 12.4. The summed E-state index contributed by atoms with van der Waals surface area (Å²) >= 11 is 0. The second kappa shape index (κ2) is 7.27. The zero-order valence-electron chi connectivity index (χ0n) is 15.0. The Hall–Kier alpha value is -2.34. The Morgan fingerprint density at radius 1 is 0.960 bits per heavy atom. The van der Waals surface area contributed by atoms with E-state index in [1.807, 2.05) is 27.7 Å². The van der Waals surface area contributed by atoms with E-state index in [1.54, 1.807) is 48.5 Å². The van der Waals surface area contributed by atoms with Gasteiger partial charge in [-0.3, -0.25) is 9.52 Å². The van der Waals surface area contributed by atoms with Gasteiger partial charge in [0.15, 0.2) is 0 Å². The van der Waals surface area contributed by atoms with E-state index in [4.69, 9.17) is 0 Å². The topological polar surface area (TPSA) is 75.3 Å². The smallest absolute Gasteiger partial charge is 0.261 e. The maximum Gasteiger partial charge on any atom is 0.261 e. The van der Waals surface area contributed by atoms with Gasteiger partial charge in [0.1, 0.15) is 0 Å². The molecule has 6 heteroatoms. The Morgan fingerprint density at radius 2 is 1.52 bits per heavy atom. The van der Waals surface area contributed by atoms with E-state index in [0.29, 0.717) is 11.3 Å². The third-order valence-electron chi connectivity index (χ3n) is 3.53. The van der Waals surface area contributed by atoms with Gasteiger partial charge in [0.05, 0.1) is 4.90 Å². The summed E-state index contributed by atoms with van der Waals surface area (Å²) in [5.74, 6) is -0.197. The molecule has 0 spiro atoms. The number of rotatable bonds is 5. The number of carbonyl (C=O) groups is 1.